The maximum atomic E-state index is 12.6. The van der Waals surface area contributed by atoms with Gasteiger partial charge in [0.2, 0.25) is 0 Å². The molecule has 0 aliphatic carbocycles. The summed E-state index contributed by atoms with van der Waals surface area (Å²) in [4.78, 5) is 17.0. The highest BCUT2D eigenvalue weighted by Gasteiger charge is 2.11. The van der Waals surface area contributed by atoms with Crippen LogP contribution in [0.4, 0.5) is 5.69 Å². The Morgan fingerprint density at radius 2 is 1.69 bits per heavy atom. The first kappa shape index (κ1) is 20.4. The lowest BCUT2D eigenvalue weighted by molar-refractivity contribution is 0.102. The minimum absolute atomic E-state index is 0.176. The molecule has 0 saturated carbocycles. The molecule has 0 unspecified atom stereocenters. The van der Waals surface area contributed by atoms with Crippen molar-refractivity contribution in [1.29, 1.82) is 0 Å². The van der Waals surface area contributed by atoms with Crippen LogP contribution in [-0.4, -0.2) is 17.5 Å². The van der Waals surface area contributed by atoms with Crippen molar-refractivity contribution in [2.75, 3.05) is 11.9 Å². The highest BCUT2D eigenvalue weighted by molar-refractivity contribution is 6.05. The topological polar surface area (TPSA) is 60.5 Å². The fourth-order valence-electron chi connectivity index (χ4n) is 2.85. The summed E-state index contributed by atoms with van der Waals surface area (Å²) in [5, 5.41) is 2.91. The summed E-state index contributed by atoms with van der Waals surface area (Å²) < 4.78 is 11.7. The molecule has 0 bridgehead atoms. The fourth-order valence-corrected chi connectivity index (χ4v) is 2.85. The smallest absolute Gasteiger partial charge is 0.257 e. The van der Waals surface area contributed by atoms with Crippen LogP contribution in [0.25, 0.3) is 0 Å². The molecule has 5 nitrogen and oxygen atoms in total. The monoisotopic (exact) mass is 390 g/mol. The van der Waals surface area contributed by atoms with Gasteiger partial charge in [0, 0.05) is 11.4 Å². The minimum Gasteiger partial charge on any atom is -0.490 e. The highest BCUT2D eigenvalue weighted by atomic mass is 16.5. The Bertz CT molecular complexity index is 968. The molecule has 0 atom stereocenters. The molecule has 1 heterocycles. The van der Waals surface area contributed by atoms with Crippen molar-refractivity contribution in [1.82, 2.24) is 4.98 Å². The molecular formula is C24H26N2O3. The molecule has 0 spiro atoms. The van der Waals surface area contributed by atoms with Crippen molar-refractivity contribution in [2.45, 2.75) is 33.6 Å². The van der Waals surface area contributed by atoms with Crippen molar-refractivity contribution in [3.63, 3.8) is 0 Å². The number of aromatic nitrogens is 1. The quantitative estimate of drug-likeness (QED) is 0.529. The number of hydrogen-bond donors (Lipinski definition) is 1. The number of pyridine rings is 1. The number of aryl methyl sites for hydroxylation is 2. The first-order chi connectivity index (χ1) is 14.1. The molecule has 0 fully saturated rings. The van der Waals surface area contributed by atoms with Gasteiger partial charge in [0.15, 0.2) is 11.5 Å². The number of nitrogens with zero attached hydrogens (tertiary/aromatic N) is 1. The molecule has 2 aromatic carbocycles. The Morgan fingerprint density at radius 3 is 2.34 bits per heavy atom. The maximum absolute atomic E-state index is 12.6. The van der Waals surface area contributed by atoms with Gasteiger partial charge in [0.25, 0.3) is 5.91 Å². The highest BCUT2D eigenvalue weighted by Crippen LogP contribution is 2.31. The zero-order valence-corrected chi connectivity index (χ0v) is 17.1. The van der Waals surface area contributed by atoms with E-state index < -0.39 is 0 Å². The first-order valence-corrected chi connectivity index (χ1v) is 9.88. The zero-order valence-electron chi connectivity index (χ0n) is 17.1. The van der Waals surface area contributed by atoms with Crippen LogP contribution in [0.2, 0.25) is 0 Å². The molecule has 1 amide bonds. The first-order valence-electron chi connectivity index (χ1n) is 9.88. The van der Waals surface area contributed by atoms with Crippen LogP contribution in [0.3, 0.4) is 0 Å². The van der Waals surface area contributed by atoms with Gasteiger partial charge in [-0.2, -0.15) is 0 Å². The number of anilines is 1. The zero-order chi connectivity index (χ0) is 20.6. The molecule has 3 rings (SSSR count). The summed E-state index contributed by atoms with van der Waals surface area (Å²) in [5.74, 6) is 1.87. The van der Waals surface area contributed by atoms with Crippen LogP contribution < -0.4 is 14.8 Å². The Kier molecular flexibility index (Phi) is 6.85. The average molecular weight is 390 g/mol. The molecule has 29 heavy (non-hydrogen) atoms. The van der Waals surface area contributed by atoms with Gasteiger partial charge in [-0.3, -0.25) is 9.78 Å². The molecule has 0 aliphatic heterocycles. The number of amides is 1. The van der Waals surface area contributed by atoms with Crippen LogP contribution in [0.5, 0.6) is 17.2 Å². The number of benzene rings is 2. The number of rotatable bonds is 8. The summed E-state index contributed by atoms with van der Waals surface area (Å²) in [7, 11) is 0. The van der Waals surface area contributed by atoms with Crippen LogP contribution >= 0.6 is 0 Å². The van der Waals surface area contributed by atoms with E-state index in [9.17, 15) is 4.79 Å². The minimum atomic E-state index is -0.176. The van der Waals surface area contributed by atoms with E-state index in [0.717, 1.165) is 24.2 Å². The lowest BCUT2D eigenvalue weighted by atomic mass is 10.1. The van der Waals surface area contributed by atoms with Gasteiger partial charge in [-0.25, -0.2) is 0 Å². The predicted octanol–water partition coefficient (Wildman–Crippen LogP) is 5.79. The lowest BCUT2D eigenvalue weighted by Gasteiger charge is -2.12. The van der Waals surface area contributed by atoms with E-state index in [4.69, 9.17) is 9.47 Å². The van der Waals surface area contributed by atoms with Crippen LogP contribution in [-0.2, 0) is 6.42 Å². The van der Waals surface area contributed by atoms with Crippen molar-refractivity contribution in [3.8, 4) is 17.2 Å². The van der Waals surface area contributed by atoms with Gasteiger partial charge in [0.05, 0.1) is 17.9 Å². The summed E-state index contributed by atoms with van der Waals surface area (Å²) >= 11 is 0. The predicted molar refractivity (Wildman–Crippen MR) is 115 cm³/mol. The van der Waals surface area contributed by atoms with Crippen molar-refractivity contribution in [2.24, 2.45) is 0 Å². The van der Waals surface area contributed by atoms with Crippen molar-refractivity contribution in [3.05, 3.63) is 77.6 Å². The molecule has 0 aliphatic rings. The summed E-state index contributed by atoms with van der Waals surface area (Å²) in [6.07, 6.45) is 1.77. The molecule has 3 aromatic rings. The van der Waals surface area contributed by atoms with E-state index in [1.807, 2.05) is 74.5 Å². The Hall–Kier alpha value is -3.34. The molecule has 150 valence electrons. The Morgan fingerprint density at radius 1 is 0.966 bits per heavy atom. The SMILES string of the molecule is CCCOc1ccccc1Oc1ccc(NC(=O)c2ccc(CC)nc2C)cc1. The third-order valence-electron chi connectivity index (χ3n) is 4.40. The van der Waals surface area contributed by atoms with E-state index in [1.165, 1.54) is 0 Å². The number of nitrogens with one attached hydrogen (secondary N) is 1. The maximum Gasteiger partial charge on any atom is 0.257 e. The van der Waals surface area contributed by atoms with Crippen LogP contribution in [0.15, 0.2) is 60.7 Å². The van der Waals surface area contributed by atoms with Crippen LogP contribution in [0.1, 0.15) is 42.0 Å². The molecule has 1 N–H and O–H groups in total. The van der Waals surface area contributed by atoms with Gasteiger partial charge in [0.1, 0.15) is 5.75 Å². The number of carbonyl (C=O) groups excluding carboxylic acids is 1. The molecular weight excluding hydrogens is 364 g/mol. The standard InChI is InChI=1S/C24H26N2O3/c1-4-16-28-22-8-6-7-9-23(22)29-20-13-10-19(11-14-20)26-24(27)21-15-12-18(5-2)25-17(21)3/h6-15H,4-5,16H2,1-3H3,(H,26,27). The van der Waals surface area contributed by atoms with E-state index in [0.29, 0.717) is 35.1 Å². The Labute approximate surface area is 171 Å². The summed E-state index contributed by atoms with van der Waals surface area (Å²) in [6, 6.07) is 18.5. The third kappa shape index (κ3) is 5.35. The van der Waals surface area contributed by atoms with Gasteiger partial charge in [-0.05, 0) is 68.3 Å². The van der Waals surface area contributed by atoms with Crippen molar-refractivity contribution < 1.29 is 14.3 Å². The van der Waals surface area contributed by atoms with Crippen LogP contribution in [0, 0.1) is 6.92 Å². The lowest BCUT2D eigenvalue weighted by Crippen LogP contribution is -2.14. The van der Waals surface area contributed by atoms with Gasteiger partial charge >= 0.3 is 0 Å². The second kappa shape index (κ2) is 9.73. The number of carbonyl (C=O) groups is 1. The summed E-state index contributed by atoms with van der Waals surface area (Å²) in [6.45, 7) is 6.59. The fraction of sp³-hybridized carbons (Fsp3) is 0.250. The molecule has 1 aromatic heterocycles. The number of hydrogen-bond acceptors (Lipinski definition) is 4. The second-order valence-electron chi connectivity index (χ2n) is 6.66. The Balaban J connectivity index is 1.67. The van der Waals surface area contributed by atoms with E-state index >= 15 is 0 Å². The van der Waals surface area contributed by atoms with Crippen molar-refractivity contribution >= 4 is 11.6 Å². The number of ether oxygens (including phenoxy) is 2. The van der Waals surface area contributed by atoms with Gasteiger partial charge in [-0.15, -0.1) is 0 Å². The second-order valence-corrected chi connectivity index (χ2v) is 6.66. The largest absolute Gasteiger partial charge is 0.490 e. The molecule has 0 saturated heterocycles. The molecule has 0 radical (unpaired) electrons. The normalized spacial score (nSPS) is 10.4. The molecule has 5 heteroatoms. The van der Waals surface area contributed by atoms with E-state index in [2.05, 4.69) is 17.2 Å². The van der Waals surface area contributed by atoms with Gasteiger partial charge < -0.3 is 14.8 Å². The van der Waals surface area contributed by atoms with E-state index in [1.54, 1.807) is 0 Å². The summed E-state index contributed by atoms with van der Waals surface area (Å²) in [5.41, 5.74) is 2.97. The van der Waals surface area contributed by atoms with Gasteiger partial charge in [-0.1, -0.05) is 26.0 Å². The average Bonchev–Trinajstić information content (AvgIpc) is 2.74. The number of para-hydroxylation sites is 2. The van der Waals surface area contributed by atoms with E-state index in [-0.39, 0.29) is 5.91 Å². The third-order valence-corrected chi connectivity index (χ3v) is 4.40.